The third kappa shape index (κ3) is 4.81. The van der Waals surface area contributed by atoms with Crippen LogP contribution in [0.5, 0.6) is 0 Å². The Kier molecular flexibility index (Phi) is 6.21. The zero-order chi connectivity index (χ0) is 22.6. The van der Waals surface area contributed by atoms with Crippen molar-refractivity contribution in [1.29, 1.82) is 5.26 Å². The molecule has 0 atom stereocenters. The van der Waals surface area contributed by atoms with Gasteiger partial charge >= 0.3 is 5.97 Å². The summed E-state index contributed by atoms with van der Waals surface area (Å²) in [5.74, 6) is -1.12. The Balaban J connectivity index is 1.89. The molecule has 0 aliphatic carbocycles. The molecular formula is C24H24N4O3. The number of para-hydroxylation sites is 1. The SMILES string of the molecule is Cc1ccc(-c2nn(-c3ccccc3)cc2C(=O)OCC(=O)N(C)C(C)(C)C#N)cc1. The van der Waals surface area contributed by atoms with E-state index in [9.17, 15) is 14.9 Å². The normalized spacial score (nSPS) is 10.9. The lowest BCUT2D eigenvalue weighted by Gasteiger charge is -2.28. The van der Waals surface area contributed by atoms with E-state index in [2.05, 4.69) is 5.10 Å². The first-order valence-electron chi connectivity index (χ1n) is 9.80. The highest BCUT2D eigenvalue weighted by Crippen LogP contribution is 2.25. The molecular weight excluding hydrogens is 392 g/mol. The van der Waals surface area contributed by atoms with E-state index >= 15 is 0 Å². The van der Waals surface area contributed by atoms with E-state index in [-0.39, 0.29) is 5.56 Å². The van der Waals surface area contributed by atoms with Gasteiger partial charge in [-0.05, 0) is 32.9 Å². The standard InChI is InChI=1S/C24H24N4O3/c1-17-10-12-18(13-11-17)22-20(14-28(26-22)19-8-6-5-7-9-19)23(30)31-15-21(29)27(4)24(2,3)16-25/h5-14H,15H2,1-4H3. The Morgan fingerprint density at radius 1 is 1.13 bits per heavy atom. The van der Waals surface area contributed by atoms with Crippen molar-refractivity contribution < 1.29 is 14.3 Å². The molecule has 1 heterocycles. The van der Waals surface area contributed by atoms with Crippen LogP contribution in [0.25, 0.3) is 16.9 Å². The first-order valence-corrected chi connectivity index (χ1v) is 9.80. The fraction of sp³-hybridized carbons (Fsp3) is 0.250. The molecule has 0 saturated carbocycles. The first-order chi connectivity index (χ1) is 14.7. The molecule has 0 unspecified atom stereocenters. The molecule has 0 aliphatic heterocycles. The minimum Gasteiger partial charge on any atom is -0.452 e. The summed E-state index contributed by atoms with van der Waals surface area (Å²) in [6.07, 6.45) is 1.60. The summed E-state index contributed by atoms with van der Waals surface area (Å²) in [6, 6.07) is 19.1. The molecule has 1 aromatic heterocycles. The predicted octanol–water partition coefficient (Wildman–Crippen LogP) is 3.77. The van der Waals surface area contributed by atoms with Gasteiger partial charge in [0.15, 0.2) is 6.61 Å². The van der Waals surface area contributed by atoms with Crippen LogP contribution in [-0.2, 0) is 9.53 Å². The third-order valence-corrected chi connectivity index (χ3v) is 5.09. The number of hydrogen-bond acceptors (Lipinski definition) is 5. The van der Waals surface area contributed by atoms with E-state index < -0.39 is 24.0 Å². The zero-order valence-corrected chi connectivity index (χ0v) is 18.0. The maximum absolute atomic E-state index is 12.9. The zero-order valence-electron chi connectivity index (χ0n) is 18.0. The lowest BCUT2D eigenvalue weighted by atomic mass is 10.1. The molecule has 7 heteroatoms. The number of hydrogen-bond donors (Lipinski definition) is 0. The number of aryl methyl sites for hydroxylation is 1. The fourth-order valence-electron chi connectivity index (χ4n) is 2.85. The number of amides is 1. The van der Waals surface area contributed by atoms with E-state index in [0.717, 1.165) is 16.8 Å². The van der Waals surface area contributed by atoms with Gasteiger partial charge in [0.25, 0.3) is 5.91 Å². The second kappa shape index (κ2) is 8.84. The summed E-state index contributed by atoms with van der Waals surface area (Å²) >= 11 is 0. The van der Waals surface area contributed by atoms with Crippen molar-refractivity contribution in [3.63, 3.8) is 0 Å². The molecule has 1 amide bonds. The van der Waals surface area contributed by atoms with Gasteiger partial charge < -0.3 is 9.64 Å². The molecule has 2 aromatic carbocycles. The van der Waals surface area contributed by atoms with Crippen LogP contribution in [0.2, 0.25) is 0 Å². The molecule has 31 heavy (non-hydrogen) atoms. The monoisotopic (exact) mass is 416 g/mol. The highest BCUT2D eigenvalue weighted by Gasteiger charge is 2.28. The van der Waals surface area contributed by atoms with Gasteiger partial charge in [0.05, 0.1) is 11.8 Å². The number of rotatable bonds is 6. The number of esters is 1. The summed E-state index contributed by atoms with van der Waals surface area (Å²) in [6.45, 7) is 4.74. The number of ether oxygens (including phenoxy) is 1. The topological polar surface area (TPSA) is 88.2 Å². The quantitative estimate of drug-likeness (QED) is 0.571. The molecule has 0 spiro atoms. The molecule has 0 fully saturated rings. The Labute approximate surface area is 181 Å². The van der Waals surface area contributed by atoms with Crippen molar-refractivity contribution in [2.24, 2.45) is 0 Å². The molecule has 3 aromatic rings. The van der Waals surface area contributed by atoms with Gasteiger partial charge in [-0.1, -0.05) is 48.0 Å². The van der Waals surface area contributed by atoms with Crippen LogP contribution in [0, 0.1) is 18.3 Å². The Hall–Kier alpha value is -3.92. The summed E-state index contributed by atoms with van der Waals surface area (Å²) in [5.41, 5.74) is 2.36. The summed E-state index contributed by atoms with van der Waals surface area (Å²) in [4.78, 5) is 26.5. The minimum atomic E-state index is -1.01. The second-order valence-electron chi connectivity index (χ2n) is 7.74. The van der Waals surface area contributed by atoms with Gasteiger partial charge in [-0.2, -0.15) is 10.4 Å². The maximum Gasteiger partial charge on any atom is 0.342 e. The average molecular weight is 416 g/mol. The van der Waals surface area contributed by atoms with Gasteiger partial charge in [-0.15, -0.1) is 0 Å². The van der Waals surface area contributed by atoms with Crippen molar-refractivity contribution in [2.45, 2.75) is 26.3 Å². The van der Waals surface area contributed by atoms with Crippen LogP contribution in [0.3, 0.4) is 0 Å². The van der Waals surface area contributed by atoms with Crippen molar-refractivity contribution in [3.05, 3.63) is 71.9 Å². The van der Waals surface area contributed by atoms with Crippen LogP contribution in [0.15, 0.2) is 60.8 Å². The molecule has 3 rings (SSSR count). The first kappa shape index (κ1) is 21.8. The van der Waals surface area contributed by atoms with Gasteiger partial charge in [-0.3, -0.25) is 4.79 Å². The van der Waals surface area contributed by atoms with Crippen molar-refractivity contribution in [3.8, 4) is 23.0 Å². The van der Waals surface area contributed by atoms with Gasteiger partial charge in [0, 0.05) is 18.8 Å². The average Bonchev–Trinajstić information content (AvgIpc) is 3.23. The van der Waals surface area contributed by atoms with Crippen molar-refractivity contribution in [2.75, 3.05) is 13.7 Å². The molecule has 158 valence electrons. The number of nitrogens with zero attached hydrogens (tertiary/aromatic N) is 4. The molecule has 7 nitrogen and oxygen atoms in total. The highest BCUT2D eigenvalue weighted by molar-refractivity contribution is 5.97. The largest absolute Gasteiger partial charge is 0.452 e. The Morgan fingerprint density at radius 3 is 2.39 bits per heavy atom. The number of carbonyl (C=O) groups excluding carboxylic acids is 2. The molecule has 0 N–H and O–H groups in total. The molecule has 0 saturated heterocycles. The number of nitriles is 1. The van der Waals surface area contributed by atoms with Crippen molar-refractivity contribution in [1.82, 2.24) is 14.7 Å². The summed E-state index contributed by atoms with van der Waals surface area (Å²) in [5, 5.41) is 13.8. The Morgan fingerprint density at radius 2 is 1.77 bits per heavy atom. The summed E-state index contributed by atoms with van der Waals surface area (Å²) < 4.78 is 6.90. The van der Waals surface area contributed by atoms with Crippen LogP contribution < -0.4 is 0 Å². The minimum absolute atomic E-state index is 0.253. The van der Waals surface area contributed by atoms with E-state index in [1.807, 2.05) is 67.6 Å². The second-order valence-corrected chi connectivity index (χ2v) is 7.74. The van der Waals surface area contributed by atoms with Gasteiger partial charge in [0.2, 0.25) is 0 Å². The number of benzene rings is 2. The molecule has 0 radical (unpaired) electrons. The molecule has 0 aliphatic rings. The van der Waals surface area contributed by atoms with Gasteiger partial charge in [-0.25, -0.2) is 9.48 Å². The fourth-order valence-corrected chi connectivity index (χ4v) is 2.85. The van der Waals surface area contributed by atoms with Crippen LogP contribution >= 0.6 is 0 Å². The number of aromatic nitrogens is 2. The van der Waals surface area contributed by atoms with E-state index in [4.69, 9.17) is 4.74 Å². The van der Waals surface area contributed by atoms with E-state index in [1.54, 1.807) is 24.7 Å². The van der Waals surface area contributed by atoms with Crippen LogP contribution in [-0.4, -0.2) is 45.8 Å². The van der Waals surface area contributed by atoms with Crippen LogP contribution in [0.4, 0.5) is 0 Å². The summed E-state index contributed by atoms with van der Waals surface area (Å²) in [7, 11) is 1.50. The van der Waals surface area contributed by atoms with Crippen molar-refractivity contribution >= 4 is 11.9 Å². The number of likely N-dealkylation sites (N-methyl/N-ethyl adjacent to an activating group) is 1. The van der Waals surface area contributed by atoms with E-state index in [0.29, 0.717) is 5.69 Å². The predicted molar refractivity (Wildman–Crippen MR) is 116 cm³/mol. The van der Waals surface area contributed by atoms with Gasteiger partial charge in [0.1, 0.15) is 16.8 Å². The maximum atomic E-state index is 12.9. The van der Waals surface area contributed by atoms with Crippen LogP contribution in [0.1, 0.15) is 29.8 Å². The highest BCUT2D eigenvalue weighted by atomic mass is 16.5. The Bertz CT molecular complexity index is 1130. The lowest BCUT2D eigenvalue weighted by molar-refractivity contribution is -0.136. The third-order valence-electron chi connectivity index (χ3n) is 5.09. The number of carbonyl (C=O) groups is 2. The smallest absolute Gasteiger partial charge is 0.342 e. The van der Waals surface area contributed by atoms with E-state index in [1.165, 1.54) is 11.9 Å². The molecule has 0 bridgehead atoms. The lowest BCUT2D eigenvalue weighted by Crippen LogP contribution is -2.45.